The van der Waals surface area contributed by atoms with Gasteiger partial charge < -0.3 is 10.6 Å². The Bertz CT molecular complexity index is 737. The van der Waals surface area contributed by atoms with Gasteiger partial charge in [-0.1, -0.05) is 29.8 Å². The summed E-state index contributed by atoms with van der Waals surface area (Å²) in [4.78, 5) is 21.8. The van der Waals surface area contributed by atoms with E-state index in [4.69, 9.17) is 28.9 Å². The summed E-state index contributed by atoms with van der Waals surface area (Å²) in [5.74, 6) is 0.0721. The van der Waals surface area contributed by atoms with Crippen LogP contribution in [0.3, 0.4) is 0 Å². The van der Waals surface area contributed by atoms with Gasteiger partial charge in [0.15, 0.2) is 5.82 Å². The SMILES string of the molecule is CC1(C(N)=O)CN(c2nc(Cl)ncc2Cl)c2ccccc21. The Kier molecular flexibility index (Phi) is 3.26. The Morgan fingerprint density at radius 2 is 2.10 bits per heavy atom. The monoisotopic (exact) mass is 322 g/mol. The summed E-state index contributed by atoms with van der Waals surface area (Å²) in [6.45, 7) is 2.17. The average molecular weight is 323 g/mol. The number of nitrogens with zero attached hydrogens (tertiary/aromatic N) is 3. The van der Waals surface area contributed by atoms with Crippen LogP contribution in [0.1, 0.15) is 12.5 Å². The fourth-order valence-electron chi connectivity index (χ4n) is 2.59. The average Bonchev–Trinajstić information content (AvgIpc) is 2.77. The van der Waals surface area contributed by atoms with E-state index in [1.807, 2.05) is 36.1 Å². The van der Waals surface area contributed by atoms with Crippen molar-refractivity contribution in [1.82, 2.24) is 9.97 Å². The van der Waals surface area contributed by atoms with E-state index in [-0.39, 0.29) is 5.28 Å². The highest BCUT2D eigenvalue weighted by Gasteiger charge is 2.44. The first-order valence-electron chi connectivity index (χ1n) is 6.28. The van der Waals surface area contributed by atoms with E-state index in [0.717, 1.165) is 11.3 Å². The number of primary amides is 1. The fraction of sp³-hybridized carbons (Fsp3) is 0.214. The van der Waals surface area contributed by atoms with Crippen LogP contribution in [-0.2, 0) is 10.2 Å². The lowest BCUT2D eigenvalue weighted by Crippen LogP contribution is -2.41. The summed E-state index contributed by atoms with van der Waals surface area (Å²) < 4.78 is 0. The van der Waals surface area contributed by atoms with Gasteiger partial charge in [0, 0.05) is 12.2 Å². The zero-order valence-corrected chi connectivity index (χ0v) is 12.7. The molecule has 1 aliphatic rings. The first kappa shape index (κ1) is 14.1. The van der Waals surface area contributed by atoms with E-state index in [1.165, 1.54) is 6.20 Å². The predicted octanol–water partition coefficient (Wildman–Crippen LogP) is 2.68. The van der Waals surface area contributed by atoms with Crippen molar-refractivity contribution in [2.75, 3.05) is 11.4 Å². The summed E-state index contributed by atoms with van der Waals surface area (Å²) in [7, 11) is 0. The molecule has 2 aromatic rings. The Hall–Kier alpha value is -1.85. The van der Waals surface area contributed by atoms with Crippen molar-refractivity contribution >= 4 is 40.6 Å². The highest BCUT2D eigenvalue weighted by atomic mass is 35.5. The lowest BCUT2D eigenvalue weighted by atomic mass is 9.84. The van der Waals surface area contributed by atoms with Crippen molar-refractivity contribution in [3.63, 3.8) is 0 Å². The van der Waals surface area contributed by atoms with Crippen LogP contribution in [0, 0.1) is 0 Å². The van der Waals surface area contributed by atoms with Gasteiger partial charge in [0.05, 0.1) is 11.6 Å². The number of anilines is 2. The second kappa shape index (κ2) is 4.86. The number of amides is 1. The summed E-state index contributed by atoms with van der Waals surface area (Å²) in [6.07, 6.45) is 1.44. The van der Waals surface area contributed by atoms with E-state index in [2.05, 4.69) is 9.97 Å². The largest absolute Gasteiger partial charge is 0.369 e. The van der Waals surface area contributed by atoms with Crippen molar-refractivity contribution in [2.24, 2.45) is 5.73 Å². The number of aromatic nitrogens is 2. The Morgan fingerprint density at radius 1 is 1.38 bits per heavy atom. The third-order valence-corrected chi connectivity index (χ3v) is 4.21. The number of nitrogens with two attached hydrogens (primary N) is 1. The van der Waals surface area contributed by atoms with Crippen molar-refractivity contribution in [2.45, 2.75) is 12.3 Å². The number of benzene rings is 1. The molecule has 0 saturated carbocycles. The molecular formula is C14H12Cl2N4O. The van der Waals surface area contributed by atoms with Gasteiger partial charge in [0.2, 0.25) is 11.2 Å². The maximum absolute atomic E-state index is 11.9. The first-order chi connectivity index (χ1) is 9.93. The second-order valence-electron chi connectivity index (χ2n) is 5.11. The topological polar surface area (TPSA) is 72.1 Å². The molecular weight excluding hydrogens is 311 g/mol. The number of carbonyl (C=O) groups is 1. The molecule has 21 heavy (non-hydrogen) atoms. The number of para-hydroxylation sites is 1. The zero-order valence-electron chi connectivity index (χ0n) is 11.2. The van der Waals surface area contributed by atoms with Crippen molar-refractivity contribution < 1.29 is 4.79 Å². The normalized spacial score (nSPS) is 20.4. The van der Waals surface area contributed by atoms with E-state index >= 15 is 0 Å². The van der Waals surface area contributed by atoms with E-state index in [9.17, 15) is 4.79 Å². The standard InChI is InChI=1S/C14H12Cl2N4O/c1-14(12(17)21)7-20(10-5-3-2-4-8(10)14)11-9(15)6-18-13(16)19-11/h2-6H,7H2,1H3,(H2,17,21). The molecule has 1 aromatic heterocycles. The van der Waals surface area contributed by atoms with Crippen LogP contribution >= 0.6 is 23.2 Å². The van der Waals surface area contributed by atoms with Gasteiger partial charge in [-0.05, 0) is 30.2 Å². The minimum atomic E-state index is -0.808. The number of rotatable bonds is 2. The summed E-state index contributed by atoms with van der Waals surface area (Å²) in [6, 6.07) is 7.54. The molecule has 1 aliphatic heterocycles. The van der Waals surface area contributed by atoms with Gasteiger partial charge in [-0.15, -0.1) is 0 Å². The van der Waals surface area contributed by atoms with Crippen LogP contribution in [-0.4, -0.2) is 22.4 Å². The van der Waals surface area contributed by atoms with Gasteiger partial charge in [-0.2, -0.15) is 4.98 Å². The molecule has 7 heteroatoms. The molecule has 0 fully saturated rings. The molecule has 1 atom stereocenters. The van der Waals surface area contributed by atoms with Gasteiger partial charge in [0.1, 0.15) is 5.02 Å². The number of hydrogen-bond donors (Lipinski definition) is 1. The molecule has 2 N–H and O–H groups in total. The van der Waals surface area contributed by atoms with Crippen LogP contribution in [0.15, 0.2) is 30.5 Å². The molecule has 0 aliphatic carbocycles. The number of fused-ring (bicyclic) bond motifs is 1. The number of hydrogen-bond acceptors (Lipinski definition) is 4. The smallest absolute Gasteiger partial charge is 0.229 e. The minimum absolute atomic E-state index is 0.0968. The maximum Gasteiger partial charge on any atom is 0.229 e. The molecule has 0 saturated heterocycles. The van der Waals surface area contributed by atoms with Crippen molar-refractivity contribution in [3.8, 4) is 0 Å². The molecule has 1 unspecified atom stereocenters. The van der Waals surface area contributed by atoms with Crippen LogP contribution in [0.5, 0.6) is 0 Å². The van der Waals surface area contributed by atoms with Gasteiger partial charge >= 0.3 is 0 Å². The minimum Gasteiger partial charge on any atom is -0.369 e. The summed E-state index contributed by atoms with van der Waals surface area (Å²) >= 11 is 12.0. The Morgan fingerprint density at radius 3 is 2.81 bits per heavy atom. The number of carbonyl (C=O) groups excluding carboxylic acids is 1. The van der Waals surface area contributed by atoms with Gasteiger partial charge in [-0.25, -0.2) is 4.98 Å². The van der Waals surface area contributed by atoms with E-state index < -0.39 is 11.3 Å². The Labute approximate surface area is 131 Å². The van der Waals surface area contributed by atoms with Crippen LogP contribution < -0.4 is 10.6 Å². The van der Waals surface area contributed by atoms with E-state index in [0.29, 0.717) is 17.4 Å². The first-order valence-corrected chi connectivity index (χ1v) is 7.04. The van der Waals surface area contributed by atoms with Crippen LogP contribution in [0.2, 0.25) is 10.3 Å². The molecule has 108 valence electrons. The van der Waals surface area contributed by atoms with Crippen molar-refractivity contribution in [1.29, 1.82) is 0 Å². The highest BCUT2D eigenvalue weighted by Crippen LogP contribution is 2.45. The van der Waals surface area contributed by atoms with Crippen LogP contribution in [0.25, 0.3) is 0 Å². The third kappa shape index (κ3) is 2.13. The van der Waals surface area contributed by atoms with Crippen molar-refractivity contribution in [3.05, 3.63) is 46.3 Å². The number of halogens is 2. The van der Waals surface area contributed by atoms with Gasteiger partial charge in [-0.3, -0.25) is 4.79 Å². The highest BCUT2D eigenvalue weighted by molar-refractivity contribution is 6.33. The fourth-order valence-corrected chi connectivity index (χ4v) is 2.91. The van der Waals surface area contributed by atoms with E-state index in [1.54, 1.807) is 0 Å². The molecule has 1 amide bonds. The zero-order chi connectivity index (χ0) is 15.2. The maximum atomic E-state index is 11.9. The summed E-state index contributed by atoms with van der Waals surface area (Å²) in [5.41, 5.74) is 6.48. The molecule has 0 radical (unpaired) electrons. The lowest BCUT2D eigenvalue weighted by Gasteiger charge is -2.23. The molecule has 0 bridgehead atoms. The summed E-state index contributed by atoms with van der Waals surface area (Å²) in [5, 5.41) is 0.461. The van der Waals surface area contributed by atoms with Gasteiger partial charge in [0.25, 0.3) is 0 Å². The predicted molar refractivity (Wildman–Crippen MR) is 82.0 cm³/mol. The lowest BCUT2D eigenvalue weighted by molar-refractivity contribution is -0.122. The quantitative estimate of drug-likeness (QED) is 0.863. The Balaban J connectivity index is 2.19. The second-order valence-corrected chi connectivity index (χ2v) is 5.86. The molecule has 2 heterocycles. The third-order valence-electron chi connectivity index (χ3n) is 3.76. The molecule has 0 spiro atoms. The molecule has 5 nitrogen and oxygen atoms in total. The van der Waals surface area contributed by atoms with Crippen LogP contribution in [0.4, 0.5) is 11.5 Å². The molecule has 3 rings (SSSR count). The molecule has 1 aromatic carbocycles.